The molecule has 1 N–H and O–H groups in total. The van der Waals surface area contributed by atoms with Crippen molar-refractivity contribution in [3.63, 3.8) is 0 Å². The Hall–Kier alpha value is -1.15. The highest BCUT2D eigenvalue weighted by atomic mass is 19.1. The van der Waals surface area contributed by atoms with Crippen LogP contribution in [0.2, 0.25) is 0 Å². The van der Waals surface area contributed by atoms with Crippen molar-refractivity contribution >= 4 is 6.08 Å². The normalized spacial score (nSPS) is 18.0. The molecule has 1 aromatic carbocycles. The van der Waals surface area contributed by atoms with Gasteiger partial charge in [-0.15, -0.1) is 0 Å². The van der Waals surface area contributed by atoms with Crippen LogP contribution < -0.4 is 5.32 Å². The summed E-state index contributed by atoms with van der Waals surface area (Å²) in [6.07, 6.45) is 8.74. The third-order valence-corrected chi connectivity index (χ3v) is 3.71. The van der Waals surface area contributed by atoms with Gasteiger partial charge in [0.15, 0.2) is 0 Å². The number of rotatable bonds is 4. The Labute approximate surface area is 109 Å². The first-order chi connectivity index (χ1) is 8.79. The second kappa shape index (κ2) is 6.69. The van der Waals surface area contributed by atoms with Gasteiger partial charge in [0, 0.05) is 6.54 Å². The zero-order valence-corrected chi connectivity index (χ0v) is 11.1. The topological polar surface area (TPSA) is 12.0 Å². The molecule has 0 aliphatic heterocycles. The van der Waals surface area contributed by atoms with Crippen molar-refractivity contribution < 1.29 is 4.39 Å². The Morgan fingerprint density at radius 3 is 2.78 bits per heavy atom. The molecule has 0 amide bonds. The molecule has 1 nitrogen and oxygen atoms in total. The van der Waals surface area contributed by atoms with Crippen molar-refractivity contribution in [3.8, 4) is 0 Å². The van der Waals surface area contributed by atoms with Gasteiger partial charge in [-0.25, -0.2) is 4.39 Å². The minimum atomic E-state index is -0.156. The molecule has 98 valence electrons. The van der Waals surface area contributed by atoms with E-state index < -0.39 is 0 Å². The lowest BCUT2D eigenvalue weighted by atomic mass is 9.83. The van der Waals surface area contributed by atoms with Crippen LogP contribution in [0.5, 0.6) is 0 Å². The van der Waals surface area contributed by atoms with Gasteiger partial charge in [-0.1, -0.05) is 43.0 Å². The number of benzene rings is 1. The third-order valence-electron chi connectivity index (χ3n) is 3.71. The van der Waals surface area contributed by atoms with Crippen LogP contribution in [0.15, 0.2) is 29.8 Å². The molecule has 18 heavy (non-hydrogen) atoms. The molecule has 0 radical (unpaired) electrons. The summed E-state index contributed by atoms with van der Waals surface area (Å²) in [5, 5.41) is 3.24. The smallest absolute Gasteiger partial charge is 0.123 e. The molecule has 2 heteroatoms. The van der Waals surface area contributed by atoms with Gasteiger partial charge in [0.25, 0.3) is 0 Å². The van der Waals surface area contributed by atoms with Crippen molar-refractivity contribution in [2.45, 2.75) is 32.1 Å². The fraction of sp³-hybridized carbons (Fsp3) is 0.500. The van der Waals surface area contributed by atoms with Crippen LogP contribution >= 0.6 is 0 Å². The van der Waals surface area contributed by atoms with E-state index in [1.54, 1.807) is 12.1 Å². The Balaban J connectivity index is 2.17. The fourth-order valence-electron chi connectivity index (χ4n) is 2.80. The molecular formula is C16H22FN. The largest absolute Gasteiger partial charge is 0.316 e. The monoisotopic (exact) mass is 247 g/mol. The van der Waals surface area contributed by atoms with E-state index in [1.165, 1.54) is 43.7 Å². The van der Waals surface area contributed by atoms with Gasteiger partial charge in [-0.05, 0) is 43.5 Å². The van der Waals surface area contributed by atoms with Crippen molar-refractivity contribution in [2.24, 2.45) is 5.92 Å². The summed E-state index contributed by atoms with van der Waals surface area (Å²) < 4.78 is 13.2. The lowest BCUT2D eigenvalue weighted by molar-refractivity contribution is 0.398. The highest BCUT2D eigenvalue weighted by Gasteiger charge is 2.17. The minimum Gasteiger partial charge on any atom is -0.316 e. The first-order valence-corrected chi connectivity index (χ1v) is 6.90. The summed E-state index contributed by atoms with van der Waals surface area (Å²) in [6, 6.07) is 6.86. The van der Waals surface area contributed by atoms with Crippen molar-refractivity contribution in [2.75, 3.05) is 13.6 Å². The standard InChI is InChI=1S/C16H22FN/c1-18-12-15(14-7-3-2-4-8-14)10-13-6-5-9-16(17)11-13/h5-6,9-11,14,18H,2-4,7-8,12H2,1H3. The molecule has 0 aromatic heterocycles. The van der Waals surface area contributed by atoms with Crippen LogP contribution in [0.1, 0.15) is 37.7 Å². The van der Waals surface area contributed by atoms with Crippen molar-refractivity contribution in [1.29, 1.82) is 0 Å². The summed E-state index contributed by atoms with van der Waals surface area (Å²) in [7, 11) is 1.97. The maximum atomic E-state index is 13.2. The lowest BCUT2D eigenvalue weighted by Crippen LogP contribution is -2.19. The summed E-state index contributed by atoms with van der Waals surface area (Å²) in [4.78, 5) is 0. The second-order valence-electron chi connectivity index (χ2n) is 5.14. The van der Waals surface area contributed by atoms with E-state index in [-0.39, 0.29) is 5.82 Å². The Morgan fingerprint density at radius 2 is 2.11 bits per heavy atom. The number of halogens is 1. The molecule has 1 aliphatic carbocycles. The fourth-order valence-corrected chi connectivity index (χ4v) is 2.80. The molecule has 1 fully saturated rings. The summed E-state index contributed by atoms with van der Waals surface area (Å²) >= 11 is 0. The molecule has 0 heterocycles. The average molecular weight is 247 g/mol. The highest BCUT2D eigenvalue weighted by molar-refractivity contribution is 5.53. The van der Waals surface area contributed by atoms with Crippen LogP contribution in [0.25, 0.3) is 6.08 Å². The third kappa shape index (κ3) is 3.67. The quantitative estimate of drug-likeness (QED) is 0.847. The van der Waals surface area contributed by atoms with E-state index in [0.29, 0.717) is 5.92 Å². The Morgan fingerprint density at radius 1 is 1.33 bits per heavy atom. The lowest BCUT2D eigenvalue weighted by Gasteiger charge is -2.24. The molecule has 0 atom stereocenters. The van der Waals surface area contributed by atoms with Crippen molar-refractivity contribution in [1.82, 2.24) is 5.32 Å². The van der Waals surface area contributed by atoms with Crippen LogP contribution in [-0.4, -0.2) is 13.6 Å². The van der Waals surface area contributed by atoms with Gasteiger partial charge in [-0.3, -0.25) is 0 Å². The summed E-state index contributed by atoms with van der Waals surface area (Å²) in [6.45, 7) is 0.904. The zero-order chi connectivity index (χ0) is 12.8. The van der Waals surface area contributed by atoms with Crippen LogP contribution in [0.4, 0.5) is 4.39 Å². The number of likely N-dealkylation sites (N-methyl/N-ethyl adjacent to an activating group) is 1. The maximum absolute atomic E-state index is 13.2. The van der Waals surface area contributed by atoms with E-state index >= 15 is 0 Å². The van der Waals surface area contributed by atoms with Crippen LogP contribution in [-0.2, 0) is 0 Å². The van der Waals surface area contributed by atoms with Gasteiger partial charge >= 0.3 is 0 Å². The van der Waals surface area contributed by atoms with E-state index in [4.69, 9.17) is 0 Å². The van der Waals surface area contributed by atoms with Gasteiger partial charge in [-0.2, -0.15) is 0 Å². The predicted molar refractivity (Wildman–Crippen MR) is 74.9 cm³/mol. The van der Waals surface area contributed by atoms with Crippen molar-refractivity contribution in [3.05, 3.63) is 41.2 Å². The molecule has 1 aliphatic rings. The summed E-state index contributed by atoms with van der Waals surface area (Å²) in [5.74, 6) is 0.519. The molecule has 0 spiro atoms. The minimum absolute atomic E-state index is 0.156. The highest BCUT2D eigenvalue weighted by Crippen LogP contribution is 2.30. The number of hydrogen-bond acceptors (Lipinski definition) is 1. The van der Waals surface area contributed by atoms with Gasteiger partial charge in [0.2, 0.25) is 0 Å². The predicted octanol–water partition coefficient (Wildman–Crippen LogP) is 4.01. The van der Waals surface area contributed by atoms with E-state index in [1.807, 2.05) is 13.1 Å². The average Bonchev–Trinajstić information content (AvgIpc) is 2.39. The Bertz CT molecular complexity index is 405. The SMILES string of the molecule is CNCC(=Cc1cccc(F)c1)C1CCCCC1. The molecular weight excluding hydrogens is 225 g/mol. The maximum Gasteiger partial charge on any atom is 0.123 e. The van der Waals surface area contributed by atoms with Gasteiger partial charge in [0.05, 0.1) is 0 Å². The van der Waals surface area contributed by atoms with E-state index in [0.717, 1.165) is 12.1 Å². The second-order valence-corrected chi connectivity index (χ2v) is 5.14. The molecule has 0 saturated heterocycles. The first kappa shape index (κ1) is 13.3. The van der Waals surface area contributed by atoms with Crippen LogP contribution in [0, 0.1) is 11.7 Å². The van der Waals surface area contributed by atoms with Crippen LogP contribution in [0.3, 0.4) is 0 Å². The van der Waals surface area contributed by atoms with E-state index in [2.05, 4.69) is 11.4 Å². The molecule has 1 aromatic rings. The molecule has 0 unspecified atom stereocenters. The molecule has 0 bridgehead atoms. The first-order valence-electron chi connectivity index (χ1n) is 6.90. The zero-order valence-electron chi connectivity index (χ0n) is 11.1. The Kier molecular flexibility index (Phi) is 4.94. The molecule has 2 rings (SSSR count). The van der Waals surface area contributed by atoms with Gasteiger partial charge in [0.1, 0.15) is 5.82 Å². The molecule has 1 saturated carbocycles. The summed E-state index contributed by atoms with van der Waals surface area (Å²) in [5.41, 5.74) is 2.40. The number of hydrogen-bond donors (Lipinski definition) is 1. The van der Waals surface area contributed by atoms with Gasteiger partial charge < -0.3 is 5.32 Å². The number of nitrogens with one attached hydrogen (secondary N) is 1. The van der Waals surface area contributed by atoms with E-state index in [9.17, 15) is 4.39 Å².